The molecule has 0 saturated heterocycles. The molecule has 7 heteroatoms. The maximum atomic E-state index is 12.2. The van der Waals surface area contributed by atoms with Crippen molar-refractivity contribution >= 4 is 11.9 Å². The fraction of sp³-hybridized carbons (Fsp3) is 0.652. The molecule has 1 aromatic carbocycles. The van der Waals surface area contributed by atoms with E-state index in [1.807, 2.05) is 38.1 Å². The largest absolute Gasteiger partial charge is 0.497 e. The second kappa shape index (κ2) is 13.1. The summed E-state index contributed by atoms with van der Waals surface area (Å²) in [7, 11) is 1.64. The van der Waals surface area contributed by atoms with Crippen molar-refractivity contribution in [3.8, 4) is 5.75 Å². The molecule has 1 fully saturated rings. The molecule has 168 valence electrons. The van der Waals surface area contributed by atoms with Crippen LogP contribution in [0.25, 0.3) is 0 Å². The number of nitrogens with zero attached hydrogens (tertiary/aromatic N) is 1. The van der Waals surface area contributed by atoms with E-state index in [1.54, 1.807) is 7.11 Å². The average molecular weight is 419 g/mol. The molecule has 1 aromatic rings. The van der Waals surface area contributed by atoms with Gasteiger partial charge in [0.25, 0.3) is 0 Å². The number of amides is 1. The van der Waals surface area contributed by atoms with Gasteiger partial charge in [0.15, 0.2) is 5.96 Å². The Balaban J connectivity index is 1.82. The molecule has 3 N–H and O–H groups in total. The van der Waals surface area contributed by atoms with Crippen LogP contribution in [0.4, 0.5) is 0 Å². The summed E-state index contributed by atoms with van der Waals surface area (Å²) in [4.78, 5) is 16.7. The Bertz CT molecular complexity index is 655. The minimum Gasteiger partial charge on any atom is -0.497 e. The average Bonchev–Trinajstić information content (AvgIpc) is 3.24. The van der Waals surface area contributed by atoms with Gasteiger partial charge in [0, 0.05) is 32.8 Å². The second-order valence-corrected chi connectivity index (χ2v) is 7.83. The van der Waals surface area contributed by atoms with Crippen molar-refractivity contribution in [1.29, 1.82) is 0 Å². The van der Waals surface area contributed by atoms with Crippen molar-refractivity contribution in [3.63, 3.8) is 0 Å². The molecular weight excluding hydrogens is 380 g/mol. The molecule has 1 amide bonds. The van der Waals surface area contributed by atoms with Gasteiger partial charge >= 0.3 is 0 Å². The van der Waals surface area contributed by atoms with Gasteiger partial charge in [-0.2, -0.15) is 0 Å². The fourth-order valence-electron chi connectivity index (χ4n) is 3.84. The van der Waals surface area contributed by atoms with Crippen LogP contribution in [0.2, 0.25) is 0 Å². The molecule has 1 saturated carbocycles. The molecule has 30 heavy (non-hydrogen) atoms. The third-order valence-electron chi connectivity index (χ3n) is 5.65. The Morgan fingerprint density at radius 1 is 1.10 bits per heavy atom. The highest BCUT2D eigenvalue weighted by Crippen LogP contribution is 2.40. The lowest BCUT2D eigenvalue weighted by molar-refractivity contribution is -0.119. The Morgan fingerprint density at radius 3 is 2.47 bits per heavy atom. The molecule has 1 aliphatic carbocycles. The van der Waals surface area contributed by atoms with Crippen LogP contribution in [-0.2, 0) is 16.1 Å². The number of rotatable bonds is 12. The van der Waals surface area contributed by atoms with Crippen LogP contribution in [0.15, 0.2) is 29.3 Å². The van der Waals surface area contributed by atoms with Gasteiger partial charge in [-0.25, -0.2) is 4.99 Å². The predicted molar refractivity (Wildman–Crippen MR) is 121 cm³/mol. The van der Waals surface area contributed by atoms with Crippen molar-refractivity contribution in [3.05, 3.63) is 29.8 Å². The minimum absolute atomic E-state index is 0.0947. The van der Waals surface area contributed by atoms with Gasteiger partial charge in [0.2, 0.25) is 5.91 Å². The summed E-state index contributed by atoms with van der Waals surface area (Å²) in [5.41, 5.74) is 1.29. The Morgan fingerprint density at radius 2 is 1.83 bits per heavy atom. The van der Waals surface area contributed by atoms with Crippen LogP contribution in [0.1, 0.15) is 51.5 Å². The maximum Gasteiger partial charge on any atom is 0.242 e. The number of guanidine groups is 1. The van der Waals surface area contributed by atoms with E-state index in [4.69, 9.17) is 9.47 Å². The highest BCUT2D eigenvalue weighted by molar-refractivity contribution is 5.84. The number of carbonyl (C=O) groups is 1. The standard InChI is InChI=1S/C23H38N4O3/c1-4-24-22(27-18-23(12-6-7-13-23)14-15-30-5-2)26-17-21(28)25-16-19-8-10-20(29-3)11-9-19/h8-11H,4-7,12-18H2,1-3H3,(H,25,28)(H2,24,26,27). The molecule has 7 nitrogen and oxygen atoms in total. The topological polar surface area (TPSA) is 84.0 Å². The summed E-state index contributed by atoms with van der Waals surface area (Å²) in [5, 5.41) is 9.62. The van der Waals surface area contributed by atoms with Gasteiger partial charge in [-0.3, -0.25) is 4.79 Å². The Kier molecular flexibility index (Phi) is 10.5. The van der Waals surface area contributed by atoms with Crippen molar-refractivity contribution in [2.45, 2.75) is 52.5 Å². The second-order valence-electron chi connectivity index (χ2n) is 7.83. The molecule has 0 heterocycles. The molecule has 1 aliphatic rings. The molecule has 0 atom stereocenters. The number of methoxy groups -OCH3 is 1. The number of aliphatic imine (C=N–C) groups is 1. The highest BCUT2D eigenvalue weighted by atomic mass is 16.5. The Labute approximate surface area is 181 Å². The predicted octanol–water partition coefficient (Wildman–Crippen LogP) is 2.85. The van der Waals surface area contributed by atoms with Gasteiger partial charge in [-0.05, 0) is 56.2 Å². The van der Waals surface area contributed by atoms with Crippen LogP contribution in [0, 0.1) is 5.41 Å². The number of nitrogens with one attached hydrogen (secondary N) is 3. The van der Waals surface area contributed by atoms with Gasteiger partial charge in [0.05, 0.1) is 7.11 Å². The fourth-order valence-corrected chi connectivity index (χ4v) is 3.84. The summed E-state index contributed by atoms with van der Waals surface area (Å²) in [6.45, 7) is 7.82. The summed E-state index contributed by atoms with van der Waals surface area (Å²) < 4.78 is 10.7. The third kappa shape index (κ3) is 8.22. The first-order chi connectivity index (χ1) is 14.6. The summed E-state index contributed by atoms with van der Waals surface area (Å²) in [5.74, 6) is 1.40. The highest BCUT2D eigenvalue weighted by Gasteiger charge is 2.33. The van der Waals surface area contributed by atoms with Gasteiger partial charge in [-0.1, -0.05) is 25.0 Å². The first kappa shape index (κ1) is 24.0. The monoisotopic (exact) mass is 418 g/mol. The zero-order valence-electron chi connectivity index (χ0n) is 18.8. The van der Waals surface area contributed by atoms with Crippen molar-refractivity contribution in [1.82, 2.24) is 16.0 Å². The quantitative estimate of drug-likeness (QED) is 0.276. The molecule has 0 radical (unpaired) electrons. The number of carbonyl (C=O) groups excluding carboxylic acids is 1. The van der Waals surface area contributed by atoms with E-state index in [2.05, 4.69) is 20.9 Å². The van der Waals surface area contributed by atoms with Gasteiger partial charge < -0.3 is 25.4 Å². The van der Waals surface area contributed by atoms with E-state index >= 15 is 0 Å². The molecule has 0 aliphatic heterocycles. The third-order valence-corrected chi connectivity index (χ3v) is 5.65. The summed E-state index contributed by atoms with van der Waals surface area (Å²) in [6, 6.07) is 7.66. The lowest BCUT2D eigenvalue weighted by atomic mass is 9.83. The zero-order chi connectivity index (χ0) is 21.7. The van der Waals surface area contributed by atoms with Crippen molar-refractivity contribution < 1.29 is 14.3 Å². The van der Waals surface area contributed by atoms with Gasteiger partial charge in [-0.15, -0.1) is 0 Å². The minimum atomic E-state index is -0.102. The zero-order valence-corrected chi connectivity index (χ0v) is 18.8. The number of benzene rings is 1. The first-order valence-corrected chi connectivity index (χ1v) is 11.1. The summed E-state index contributed by atoms with van der Waals surface area (Å²) >= 11 is 0. The van der Waals surface area contributed by atoms with E-state index in [-0.39, 0.29) is 17.9 Å². The number of ether oxygens (including phenoxy) is 2. The Hall–Kier alpha value is -2.28. The van der Waals surface area contributed by atoms with Crippen LogP contribution >= 0.6 is 0 Å². The van der Waals surface area contributed by atoms with Crippen LogP contribution in [-0.4, -0.2) is 51.8 Å². The molecule has 0 spiro atoms. The summed E-state index contributed by atoms with van der Waals surface area (Å²) in [6.07, 6.45) is 6.05. The molecular formula is C23H38N4O3. The smallest absolute Gasteiger partial charge is 0.242 e. The normalized spacial score (nSPS) is 15.6. The van der Waals surface area contributed by atoms with E-state index in [0.29, 0.717) is 12.5 Å². The SMILES string of the molecule is CCNC(=NCC(=O)NCc1ccc(OC)cc1)NCC1(CCOCC)CCCC1. The van der Waals surface area contributed by atoms with E-state index < -0.39 is 0 Å². The lowest BCUT2D eigenvalue weighted by Crippen LogP contribution is -2.44. The van der Waals surface area contributed by atoms with Gasteiger partial charge in [0.1, 0.15) is 12.3 Å². The van der Waals surface area contributed by atoms with Crippen molar-refractivity contribution in [2.75, 3.05) is 40.0 Å². The number of hydrogen-bond acceptors (Lipinski definition) is 4. The molecule has 0 unspecified atom stereocenters. The van der Waals surface area contributed by atoms with E-state index in [0.717, 1.165) is 44.0 Å². The molecule has 0 aromatic heterocycles. The van der Waals surface area contributed by atoms with Crippen LogP contribution in [0.3, 0.4) is 0 Å². The maximum absolute atomic E-state index is 12.2. The first-order valence-electron chi connectivity index (χ1n) is 11.1. The van der Waals surface area contributed by atoms with Crippen molar-refractivity contribution in [2.24, 2.45) is 10.4 Å². The van der Waals surface area contributed by atoms with E-state index in [1.165, 1.54) is 25.7 Å². The lowest BCUT2D eigenvalue weighted by Gasteiger charge is -2.30. The molecule has 0 bridgehead atoms. The van der Waals surface area contributed by atoms with Crippen LogP contribution in [0.5, 0.6) is 5.75 Å². The molecule has 2 rings (SSSR count). The van der Waals surface area contributed by atoms with Crippen LogP contribution < -0.4 is 20.7 Å². The number of hydrogen-bond donors (Lipinski definition) is 3. The van der Waals surface area contributed by atoms with E-state index in [9.17, 15) is 4.79 Å².